The van der Waals surface area contributed by atoms with Crippen molar-refractivity contribution in [3.05, 3.63) is 69.3 Å². The Labute approximate surface area is 203 Å². The SMILES string of the molecule is NC(=O)c1c(NC(=O)CCC(=O)O)ccc(F)c1F.O=C(O)CCc1nc2ccc(F)c(F)c2c(=O)[nH]1. The number of aromatic nitrogens is 2. The number of anilines is 1. The molecule has 1 heterocycles. The first-order chi connectivity index (χ1) is 17.3. The summed E-state index contributed by atoms with van der Waals surface area (Å²) in [7, 11) is 0. The summed E-state index contributed by atoms with van der Waals surface area (Å²) in [5, 5.41) is 18.5. The van der Waals surface area contributed by atoms with Crippen molar-refractivity contribution >= 4 is 40.3 Å². The van der Waals surface area contributed by atoms with Gasteiger partial charge in [-0.15, -0.1) is 0 Å². The molecule has 0 saturated carbocycles. The Morgan fingerprint density at radius 2 is 1.49 bits per heavy atom. The molecule has 0 radical (unpaired) electrons. The number of aryl methyl sites for hydroxylation is 1. The number of fused-ring (bicyclic) bond motifs is 1. The Morgan fingerprint density at radius 1 is 0.892 bits per heavy atom. The highest BCUT2D eigenvalue weighted by atomic mass is 19.2. The number of nitrogens with two attached hydrogens (primary N) is 1. The highest BCUT2D eigenvalue weighted by Gasteiger charge is 2.20. The van der Waals surface area contributed by atoms with Crippen molar-refractivity contribution in [1.82, 2.24) is 9.97 Å². The van der Waals surface area contributed by atoms with Gasteiger partial charge in [-0.25, -0.2) is 22.5 Å². The molecule has 6 N–H and O–H groups in total. The Hall–Kier alpha value is -4.82. The van der Waals surface area contributed by atoms with Crippen LogP contribution >= 0.6 is 0 Å². The molecule has 196 valence electrons. The van der Waals surface area contributed by atoms with E-state index < -0.39 is 70.0 Å². The second-order valence-corrected chi connectivity index (χ2v) is 7.25. The van der Waals surface area contributed by atoms with Gasteiger partial charge < -0.3 is 26.2 Å². The van der Waals surface area contributed by atoms with Gasteiger partial charge in [-0.2, -0.15) is 0 Å². The summed E-state index contributed by atoms with van der Waals surface area (Å²) in [5.41, 5.74) is 2.98. The largest absolute Gasteiger partial charge is 0.481 e. The van der Waals surface area contributed by atoms with Crippen LogP contribution < -0.4 is 16.6 Å². The number of carboxylic acid groups (broad SMARTS) is 2. The maximum absolute atomic E-state index is 13.4. The summed E-state index contributed by atoms with van der Waals surface area (Å²) in [6.45, 7) is 0. The number of H-pyrrole nitrogens is 1. The average Bonchev–Trinajstić information content (AvgIpc) is 2.81. The van der Waals surface area contributed by atoms with Crippen LogP contribution in [0.4, 0.5) is 23.2 Å². The van der Waals surface area contributed by atoms with Crippen molar-refractivity contribution in [2.24, 2.45) is 5.73 Å². The number of benzene rings is 2. The molecule has 3 aromatic rings. The molecule has 3 rings (SSSR count). The molecular formula is C22H18F4N4O7. The Morgan fingerprint density at radius 3 is 2.08 bits per heavy atom. The maximum atomic E-state index is 13.4. The highest BCUT2D eigenvalue weighted by Crippen LogP contribution is 2.21. The number of hydrogen-bond donors (Lipinski definition) is 5. The summed E-state index contributed by atoms with van der Waals surface area (Å²) in [6.07, 6.45) is -0.994. The van der Waals surface area contributed by atoms with Gasteiger partial charge in [0.25, 0.3) is 11.5 Å². The standard InChI is InChI=1S/C11H10F2N2O4.C11H8F2N2O3/c12-5-1-2-6(9(10(5)13)11(14)19)15-7(16)3-4-8(17)18;12-5-1-2-6-9(10(5)13)11(18)15-7(14-6)3-4-8(16)17/h1-2H,3-4H2,(H2,14,19)(H,15,16)(H,17,18);1-2H,3-4H2,(H,16,17)(H,14,15,18). The second kappa shape index (κ2) is 12.2. The number of nitrogens with one attached hydrogen (secondary N) is 2. The number of carbonyl (C=O) groups is 4. The van der Waals surface area contributed by atoms with Crippen LogP contribution in [0.5, 0.6) is 0 Å². The molecule has 0 aliphatic carbocycles. The number of nitrogens with zero attached hydrogens (tertiary/aromatic N) is 1. The molecule has 37 heavy (non-hydrogen) atoms. The molecule has 2 aromatic carbocycles. The van der Waals surface area contributed by atoms with E-state index in [4.69, 9.17) is 15.9 Å². The molecule has 0 atom stereocenters. The van der Waals surface area contributed by atoms with E-state index in [9.17, 15) is 41.5 Å². The van der Waals surface area contributed by atoms with Crippen LogP contribution in [0, 0.1) is 23.3 Å². The number of carbonyl (C=O) groups excluding carboxylic acids is 2. The average molecular weight is 526 g/mol. The van der Waals surface area contributed by atoms with Gasteiger partial charge in [0.15, 0.2) is 23.3 Å². The van der Waals surface area contributed by atoms with E-state index in [1.165, 1.54) is 6.07 Å². The highest BCUT2D eigenvalue weighted by molar-refractivity contribution is 6.03. The Balaban J connectivity index is 0.000000260. The summed E-state index contributed by atoms with van der Waals surface area (Å²) in [6, 6.07) is 3.73. The summed E-state index contributed by atoms with van der Waals surface area (Å²) in [5.74, 6) is -9.24. The quantitative estimate of drug-likeness (QED) is 0.275. The monoisotopic (exact) mass is 526 g/mol. The van der Waals surface area contributed by atoms with Gasteiger partial charge in [-0.05, 0) is 24.3 Å². The number of aromatic amines is 1. The van der Waals surface area contributed by atoms with Crippen LogP contribution in [-0.4, -0.2) is 43.9 Å². The number of primary amides is 1. The lowest BCUT2D eigenvalue weighted by atomic mass is 10.1. The molecule has 11 nitrogen and oxygen atoms in total. The van der Waals surface area contributed by atoms with Gasteiger partial charge in [0.1, 0.15) is 16.8 Å². The Kier molecular flexibility index (Phi) is 9.40. The predicted octanol–water partition coefficient (Wildman–Crippen LogP) is 2.09. The fourth-order valence-electron chi connectivity index (χ4n) is 2.89. The number of amides is 2. The lowest BCUT2D eigenvalue weighted by molar-refractivity contribution is -0.138. The molecule has 0 fully saturated rings. The molecule has 0 aliphatic heterocycles. The minimum Gasteiger partial charge on any atom is -0.481 e. The molecular weight excluding hydrogens is 508 g/mol. The van der Waals surface area contributed by atoms with Gasteiger partial charge in [-0.1, -0.05) is 0 Å². The summed E-state index contributed by atoms with van der Waals surface area (Å²) < 4.78 is 52.6. The summed E-state index contributed by atoms with van der Waals surface area (Å²) in [4.78, 5) is 60.7. The first kappa shape index (κ1) is 28.4. The van der Waals surface area contributed by atoms with Crippen molar-refractivity contribution in [1.29, 1.82) is 0 Å². The molecule has 15 heteroatoms. The third-order valence-corrected chi connectivity index (χ3v) is 4.57. The van der Waals surface area contributed by atoms with Gasteiger partial charge in [-0.3, -0.25) is 24.0 Å². The molecule has 0 aliphatic rings. The van der Waals surface area contributed by atoms with Crippen LogP contribution in [0.15, 0.2) is 29.1 Å². The van der Waals surface area contributed by atoms with E-state index in [0.717, 1.165) is 12.1 Å². The van der Waals surface area contributed by atoms with E-state index in [1.54, 1.807) is 0 Å². The number of halogens is 4. The van der Waals surface area contributed by atoms with Crippen LogP contribution in [0.1, 0.15) is 35.4 Å². The van der Waals surface area contributed by atoms with Crippen molar-refractivity contribution in [2.45, 2.75) is 25.7 Å². The maximum Gasteiger partial charge on any atom is 0.303 e. The van der Waals surface area contributed by atoms with E-state index in [-0.39, 0.29) is 36.3 Å². The first-order valence-electron chi connectivity index (χ1n) is 10.2. The minimum atomic E-state index is -1.47. The number of carboxylic acids is 2. The van der Waals surface area contributed by atoms with Crippen LogP contribution in [0.25, 0.3) is 10.9 Å². The minimum absolute atomic E-state index is 0.00182. The lowest BCUT2D eigenvalue weighted by Gasteiger charge is -2.09. The second-order valence-electron chi connectivity index (χ2n) is 7.25. The zero-order chi connectivity index (χ0) is 27.9. The molecule has 0 saturated heterocycles. The lowest BCUT2D eigenvalue weighted by Crippen LogP contribution is -2.20. The van der Waals surface area contributed by atoms with Crippen molar-refractivity contribution in [3.8, 4) is 0 Å². The van der Waals surface area contributed by atoms with Crippen molar-refractivity contribution in [3.63, 3.8) is 0 Å². The smallest absolute Gasteiger partial charge is 0.303 e. The van der Waals surface area contributed by atoms with E-state index in [1.807, 2.05) is 0 Å². The van der Waals surface area contributed by atoms with Crippen LogP contribution in [-0.2, 0) is 20.8 Å². The number of aliphatic carboxylic acids is 2. The molecule has 2 amide bonds. The van der Waals surface area contributed by atoms with Gasteiger partial charge in [0.2, 0.25) is 5.91 Å². The fourth-order valence-corrected chi connectivity index (χ4v) is 2.89. The van der Waals surface area contributed by atoms with Crippen molar-refractivity contribution in [2.75, 3.05) is 5.32 Å². The van der Waals surface area contributed by atoms with Gasteiger partial charge >= 0.3 is 11.9 Å². The van der Waals surface area contributed by atoms with Gasteiger partial charge in [0.05, 0.1) is 24.0 Å². The van der Waals surface area contributed by atoms with Gasteiger partial charge in [0, 0.05) is 12.8 Å². The molecule has 0 unspecified atom stereocenters. The van der Waals surface area contributed by atoms with Crippen LogP contribution in [0.2, 0.25) is 0 Å². The fraction of sp³-hybridized carbons (Fsp3) is 0.182. The third kappa shape index (κ3) is 7.58. The van der Waals surface area contributed by atoms with E-state index in [0.29, 0.717) is 6.07 Å². The molecule has 0 bridgehead atoms. The number of hydrogen-bond acceptors (Lipinski definition) is 6. The zero-order valence-corrected chi connectivity index (χ0v) is 18.6. The third-order valence-electron chi connectivity index (χ3n) is 4.57. The molecule has 0 spiro atoms. The molecule has 1 aromatic heterocycles. The Bertz CT molecular complexity index is 1440. The topological polar surface area (TPSA) is 193 Å². The summed E-state index contributed by atoms with van der Waals surface area (Å²) >= 11 is 0. The van der Waals surface area contributed by atoms with E-state index in [2.05, 4.69) is 15.3 Å². The predicted molar refractivity (Wildman–Crippen MR) is 119 cm³/mol. The first-order valence-corrected chi connectivity index (χ1v) is 10.2. The van der Waals surface area contributed by atoms with Crippen LogP contribution in [0.3, 0.4) is 0 Å². The van der Waals surface area contributed by atoms with Crippen molar-refractivity contribution < 1.29 is 47.0 Å². The zero-order valence-electron chi connectivity index (χ0n) is 18.6. The number of rotatable bonds is 8. The normalized spacial score (nSPS) is 10.4. The van der Waals surface area contributed by atoms with E-state index >= 15 is 0 Å².